The smallest absolute Gasteiger partial charge is 0.257 e. The first-order chi connectivity index (χ1) is 19.7. The lowest BCUT2D eigenvalue weighted by Crippen LogP contribution is -2.65. The number of ether oxygens (including phenoxy) is 2. The Morgan fingerprint density at radius 1 is 1.17 bits per heavy atom. The van der Waals surface area contributed by atoms with Gasteiger partial charge in [0.25, 0.3) is 5.91 Å². The monoisotopic (exact) mass is 564 g/mol. The van der Waals surface area contributed by atoms with Crippen LogP contribution in [0.1, 0.15) is 55.2 Å². The highest BCUT2D eigenvalue weighted by atomic mass is 19.2. The van der Waals surface area contributed by atoms with Crippen molar-refractivity contribution in [1.82, 2.24) is 25.0 Å². The third-order valence-electron chi connectivity index (χ3n) is 8.27. The number of hydrogen-bond acceptors (Lipinski definition) is 8. The number of carbonyl (C=O) groups is 1. The van der Waals surface area contributed by atoms with Crippen molar-refractivity contribution in [1.29, 1.82) is 0 Å². The van der Waals surface area contributed by atoms with E-state index in [0.717, 1.165) is 48.1 Å². The van der Waals surface area contributed by atoms with Crippen molar-refractivity contribution >= 4 is 11.7 Å². The summed E-state index contributed by atoms with van der Waals surface area (Å²) in [5.74, 6) is 1.21. The lowest BCUT2D eigenvalue weighted by molar-refractivity contribution is -0.0373. The van der Waals surface area contributed by atoms with Crippen molar-refractivity contribution < 1.29 is 23.1 Å². The number of fused-ring (bicyclic) bond motifs is 1. The summed E-state index contributed by atoms with van der Waals surface area (Å²) in [4.78, 5) is 30.1. The van der Waals surface area contributed by atoms with E-state index in [9.17, 15) is 13.7 Å². The number of benzene rings is 1. The maximum absolute atomic E-state index is 14.2. The zero-order chi connectivity index (χ0) is 28.7. The summed E-state index contributed by atoms with van der Waals surface area (Å²) < 4.78 is 40.6. The maximum atomic E-state index is 14.2. The zero-order valence-corrected chi connectivity index (χ0v) is 23.5. The molecule has 3 aromatic rings. The van der Waals surface area contributed by atoms with Crippen LogP contribution in [-0.2, 0) is 13.0 Å². The van der Waals surface area contributed by atoms with Crippen LogP contribution in [0.2, 0.25) is 0 Å². The Morgan fingerprint density at radius 3 is 2.73 bits per heavy atom. The Labute approximate surface area is 238 Å². The summed E-state index contributed by atoms with van der Waals surface area (Å²) in [6, 6.07) is 5.74. The topological polar surface area (TPSA) is 83.9 Å². The van der Waals surface area contributed by atoms with Gasteiger partial charge in [-0.05, 0) is 57.9 Å². The van der Waals surface area contributed by atoms with Crippen LogP contribution >= 0.6 is 0 Å². The minimum Gasteiger partial charge on any atom is -0.490 e. The molecular formula is C30H34F2N6O3. The number of carbonyl (C=O) groups excluding carboxylic acids is 1. The van der Waals surface area contributed by atoms with Gasteiger partial charge in [-0.1, -0.05) is 0 Å². The lowest BCUT2D eigenvalue weighted by atomic mass is 9.61. The van der Waals surface area contributed by atoms with Crippen LogP contribution in [0, 0.1) is 11.2 Å². The van der Waals surface area contributed by atoms with Crippen LogP contribution in [-0.4, -0.2) is 69.2 Å². The highest BCUT2D eigenvalue weighted by molar-refractivity contribution is 5.97. The summed E-state index contributed by atoms with van der Waals surface area (Å²) in [7, 11) is 0. The normalized spacial score (nSPS) is 18.0. The molecule has 1 spiro atoms. The van der Waals surface area contributed by atoms with Gasteiger partial charge in [-0.15, -0.1) is 9.60 Å². The molecule has 6 rings (SSSR count). The molecule has 0 unspecified atom stereocenters. The molecule has 4 heterocycles. The zero-order valence-electron chi connectivity index (χ0n) is 23.5. The number of amides is 1. The van der Waals surface area contributed by atoms with Crippen molar-refractivity contribution in [3.63, 3.8) is 0 Å². The fourth-order valence-electron chi connectivity index (χ4n) is 6.22. The first kappa shape index (κ1) is 27.3. The van der Waals surface area contributed by atoms with Gasteiger partial charge in [-0.2, -0.15) is 0 Å². The summed E-state index contributed by atoms with van der Waals surface area (Å²) in [5.41, 5.74) is 2.02. The second-order valence-electron chi connectivity index (χ2n) is 11.5. The molecule has 0 radical (unpaired) electrons. The summed E-state index contributed by atoms with van der Waals surface area (Å²) in [5, 5.41) is 0.805. The quantitative estimate of drug-likeness (QED) is 0.355. The van der Waals surface area contributed by atoms with Gasteiger partial charge in [-0.25, -0.2) is 14.4 Å². The third-order valence-corrected chi connectivity index (χ3v) is 8.27. The molecule has 1 aromatic carbocycles. The molecule has 41 heavy (non-hydrogen) atoms. The number of hydrogen-bond donors (Lipinski definition) is 0. The second-order valence-corrected chi connectivity index (χ2v) is 11.5. The molecule has 0 N–H and O–H groups in total. The minimum atomic E-state index is -0.509. The molecule has 1 saturated carbocycles. The fraction of sp³-hybridized carbons (Fsp3) is 0.467. The van der Waals surface area contributed by atoms with Crippen LogP contribution in [0.4, 0.5) is 14.7 Å². The average Bonchev–Trinajstić information content (AvgIpc) is 2.91. The summed E-state index contributed by atoms with van der Waals surface area (Å²) >= 11 is 0. The fourth-order valence-corrected chi connectivity index (χ4v) is 6.22. The van der Waals surface area contributed by atoms with Crippen molar-refractivity contribution in [2.75, 3.05) is 31.1 Å². The highest BCUT2D eigenvalue weighted by Crippen LogP contribution is 2.52. The van der Waals surface area contributed by atoms with Gasteiger partial charge in [0.05, 0.1) is 18.3 Å². The van der Waals surface area contributed by atoms with E-state index in [4.69, 9.17) is 9.47 Å². The molecule has 11 heteroatoms. The van der Waals surface area contributed by atoms with E-state index in [1.54, 1.807) is 17.3 Å². The van der Waals surface area contributed by atoms with E-state index in [-0.39, 0.29) is 41.3 Å². The number of pyridine rings is 1. The van der Waals surface area contributed by atoms with Gasteiger partial charge in [0.15, 0.2) is 11.6 Å². The largest absolute Gasteiger partial charge is 0.490 e. The molecule has 1 aliphatic carbocycles. The molecule has 1 saturated heterocycles. The van der Waals surface area contributed by atoms with Crippen molar-refractivity contribution in [3.8, 4) is 17.2 Å². The van der Waals surface area contributed by atoms with Crippen molar-refractivity contribution in [2.45, 2.75) is 58.7 Å². The summed E-state index contributed by atoms with van der Waals surface area (Å²) in [6.07, 6.45) is 7.20. The van der Waals surface area contributed by atoms with E-state index in [2.05, 4.69) is 19.9 Å². The van der Waals surface area contributed by atoms with Crippen LogP contribution < -0.4 is 14.4 Å². The van der Waals surface area contributed by atoms with Crippen LogP contribution in [0.5, 0.6) is 17.2 Å². The van der Waals surface area contributed by atoms with Crippen LogP contribution in [0.3, 0.4) is 0 Å². The molecule has 0 bridgehead atoms. The minimum absolute atomic E-state index is 0.0471. The number of nitrogens with zero attached hydrogens (tertiary/aromatic N) is 6. The first-order valence-electron chi connectivity index (χ1n) is 14.1. The Balaban J connectivity index is 1.12. The predicted octanol–water partition coefficient (Wildman–Crippen LogP) is 4.96. The molecule has 9 nitrogen and oxygen atoms in total. The van der Waals surface area contributed by atoms with Gasteiger partial charge < -0.3 is 19.3 Å². The predicted molar refractivity (Wildman–Crippen MR) is 148 cm³/mol. The van der Waals surface area contributed by atoms with E-state index < -0.39 is 5.82 Å². The standard InChI is InChI=1S/C30H34F2N6O3/c1-4-38(19(2)3)29(39)22-11-20(31)5-6-25(22)41-27-14-33-18-35-28(27)36-16-30(17-36)12-21(13-30)40-26-7-9-34-24-8-10-37(32)15-23(24)26/h5-7,9,11,14,18-19,21H,4,8,10,12-13,15-17H2,1-3H3. The molecule has 1 amide bonds. The maximum Gasteiger partial charge on any atom is 0.257 e. The summed E-state index contributed by atoms with van der Waals surface area (Å²) in [6.45, 7) is 8.33. The van der Waals surface area contributed by atoms with E-state index in [1.165, 1.54) is 24.5 Å². The van der Waals surface area contributed by atoms with Crippen molar-refractivity contribution in [3.05, 3.63) is 65.6 Å². The molecule has 3 aliphatic rings. The molecular weight excluding hydrogens is 530 g/mol. The highest BCUT2D eigenvalue weighted by Gasteiger charge is 2.54. The average molecular weight is 565 g/mol. The Hall–Kier alpha value is -3.86. The third kappa shape index (κ3) is 5.30. The number of aromatic nitrogens is 3. The van der Waals surface area contributed by atoms with E-state index >= 15 is 0 Å². The second kappa shape index (κ2) is 10.8. The van der Waals surface area contributed by atoms with Crippen molar-refractivity contribution in [2.24, 2.45) is 5.41 Å². The van der Waals surface area contributed by atoms with Crippen LogP contribution in [0.15, 0.2) is 43.0 Å². The molecule has 216 valence electrons. The number of anilines is 1. The van der Waals surface area contributed by atoms with Gasteiger partial charge in [-0.3, -0.25) is 9.78 Å². The SMILES string of the molecule is CCN(C(=O)c1cc(F)ccc1Oc1cncnc1N1CC2(CC(Oc3ccnc4c3CN(F)CC4)C2)C1)C(C)C. The van der Waals surface area contributed by atoms with E-state index in [1.807, 2.05) is 26.8 Å². The molecule has 2 fully saturated rings. The van der Waals surface area contributed by atoms with Gasteiger partial charge >= 0.3 is 0 Å². The van der Waals surface area contributed by atoms with Gasteiger partial charge in [0, 0.05) is 61.5 Å². The van der Waals surface area contributed by atoms with Gasteiger partial charge in [0.2, 0.25) is 0 Å². The first-order valence-corrected chi connectivity index (χ1v) is 14.1. The lowest BCUT2D eigenvalue weighted by Gasteiger charge is -2.59. The Kier molecular flexibility index (Phi) is 7.23. The van der Waals surface area contributed by atoms with E-state index in [0.29, 0.717) is 31.1 Å². The Morgan fingerprint density at radius 2 is 1.98 bits per heavy atom. The molecule has 0 atom stereocenters. The van der Waals surface area contributed by atoms with Gasteiger partial charge in [0.1, 0.15) is 29.7 Å². The Bertz CT molecular complexity index is 1440. The molecule has 2 aromatic heterocycles. The molecule has 2 aliphatic heterocycles. The van der Waals surface area contributed by atoms with Crippen LogP contribution in [0.25, 0.3) is 0 Å². The number of rotatable bonds is 8. The number of halogens is 2.